The lowest BCUT2D eigenvalue weighted by Crippen LogP contribution is -2.30. The van der Waals surface area contributed by atoms with Crippen molar-refractivity contribution >= 4 is 24.0 Å². The smallest absolute Gasteiger partial charge is 0.253 e. The molecule has 112 valence electrons. The second-order valence-corrected chi connectivity index (χ2v) is 4.73. The number of nitrogens with two attached hydrogens (primary N) is 1. The number of carbonyl (C=O) groups excluding carboxylic acids is 1. The Bertz CT molecular complexity index is 468. The Morgan fingerprint density at radius 3 is 2.80 bits per heavy atom. The monoisotopic (exact) mass is 300 g/mol. The summed E-state index contributed by atoms with van der Waals surface area (Å²) < 4.78 is 10.7. The Labute approximate surface area is 125 Å². The van der Waals surface area contributed by atoms with Crippen LogP contribution in [-0.4, -0.2) is 31.8 Å². The largest absolute Gasteiger partial charge is 0.497 e. The van der Waals surface area contributed by atoms with E-state index in [0.717, 1.165) is 29.8 Å². The Morgan fingerprint density at radius 1 is 1.50 bits per heavy atom. The van der Waals surface area contributed by atoms with Gasteiger partial charge >= 0.3 is 0 Å². The fourth-order valence-electron chi connectivity index (χ4n) is 2.19. The van der Waals surface area contributed by atoms with Gasteiger partial charge in [-0.25, -0.2) is 0 Å². The molecule has 1 aromatic carbocycles. The van der Waals surface area contributed by atoms with E-state index in [4.69, 9.17) is 15.2 Å². The molecule has 3 N–H and O–H groups in total. The van der Waals surface area contributed by atoms with Gasteiger partial charge in [0.25, 0.3) is 5.91 Å². The zero-order valence-electron chi connectivity index (χ0n) is 11.7. The minimum atomic E-state index is -0.393. The predicted octanol–water partition coefficient (Wildman–Crippen LogP) is 1.87. The predicted molar refractivity (Wildman–Crippen MR) is 80.6 cm³/mol. The van der Waals surface area contributed by atoms with Gasteiger partial charge in [0.2, 0.25) is 0 Å². The molecule has 1 fully saturated rings. The van der Waals surface area contributed by atoms with Crippen LogP contribution in [0.3, 0.4) is 0 Å². The number of anilines is 1. The van der Waals surface area contributed by atoms with Gasteiger partial charge in [-0.1, -0.05) is 0 Å². The highest BCUT2D eigenvalue weighted by molar-refractivity contribution is 5.95. The molecule has 1 aliphatic rings. The highest BCUT2D eigenvalue weighted by Crippen LogP contribution is 2.24. The molecule has 1 aliphatic heterocycles. The Balaban J connectivity index is 0.00000200. The number of carbonyl (C=O) groups is 1. The summed E-state index contributed by atoms with van der Waals surface area (Å²) in [7, 11) is 1.62. The molecule has 2 atom stereocenters. The third-order valence-corrected chi connectivity index (χ3v) is 3.35. The van der Waals surface area contributed by atoms with Crippen LogP contribution in [0.15, 0.2) is 18.2 Å². The van der Waals surface area contributed by atoms with E-state index in [9.17, 15) is 4.79 Å². The Hall–Kier alpha value is -1.30. The summed E-state index contributed by atoms with van der Waals surface area (Å²) >= 11 is 0. The molecule has 1 aromatic rings. The Morgan fingerprint density at radius 2 is 2.25 bits per heavy atom. The molecule has 2 rings (SSSR count). The topological polar surface area (TPSA) is 73.6 Å². The van der Waals surface area contributed by atoms with E-state index in [1.807, 2.05) is 25.1 Å². The SMILES string of the molecule is COc1ccc(NC(=O)[C@@H]2CC[C@H](CN)O2)c(C)c1.Cl. The van der Waals surface area contributed by atoms with Crippen LogP contribution in [0.4, 0.5) is 5.69 Å². The fourth-order valence-corrected chi connectivity index (χ4v) is 2.19. The second-order valence-electron chi connectivity index (χ2n) is 4.73. The first-order valence-electron chi connectivity index (χ1n) is 6.45. The lowest BCUT2D eigenvalue weighted by Gasteiger charge is -2.14. The summed E-state index contributed by atoms with van der Waals surface area (Å²) in [5, 5.41) is 2.89. The minimum absolute atomic E-state index is 0. The third kappa shape index (κ3) is 3.85. The van der Waals surface area contributed by atoms with Crippen LogP contribution in [0.5, 0.6) is 5.75 Å². The number of rotatable bonds is 4. The van der Waals surface area contributed by atoms with Crippen molar-refractivity contribution in [1.82, 2.24) is 0 Å². The van der Waals surface area contributed by atoms with Crippen molar-refractivity contribution in [2.24, 2.45) is 5.73 Å². The van der Waals surface area contributed by atoms with E-state index in [2.05, 4.69) is 5.32 Å². The van der Waals surface area contributed by atoms with Crippen molar-refractivity contribution in [3.05, 3.63) is 23.8 Å². The van der Waals surface area contributed by atoms with Crippen molar-refractivity contribution in [2.75, 3.05) is 19.0 Å². The van der Waals surface area contributed by atoms with Crippen molar-refractivity contribution in [1.29, 1.82) is 0 Å². The van der Waals surface area contributed by atoms with Crippen LogP contribution in [0, 0.1) is 6.92 Å². The molecule has 0 radical (unpaired) electrons. The highest BCUT2D eigenvalue weighted by atomic mass is 35.5. The molecule has 0 spiro atoms. The first kappa shape index (κ1) is 16.8. The van der Waals surface area contributed by atoms with Gasteiger partial charge in [-0.15, -0.1) is 12.4 Å². The standard InChI is InChI=1S/C14H20N2O3.ClH/c1-9-7-10(18-2)3-5-12(9)16-14(17)13-6-4-11(8-15)19-13;/h3,5,7,11,13H,4,6,8,15H2,1-2H3,(H,16,17);1H/t11-,13+;/m1./s1. The molecule has 6 heteroatoms. The van der Waals surface area contributed by atoms with Crippen LogP contribution in [-0.2, 0) is 9.53 Å². The molecular weight excluding hydrogens is 280 g/mol. The van der Waals surface area contributed by atoms with E-state index in [-0.39, 0.29) is 24.4 Å². The lowest BCUT2D eigenvalue weighted by molar-refractivity contribution is -0.126. The second kappa shape index (κ2) is 7.47. The van der Waals surface area contributed by atoms with E-state index >= 15 is 0 Å². The first-order chi connectivity index (χ1) is 9.13. The number of benzene rings is 1. The maximum Gasteiger partial charge on any atom is 0.253 e. The molecular formula is C14H21ClN2O3. The molecule has 0 saturated carbocycles. The first-order valence-corrected chi connectivity index (χ1v) is 6.45. The minimum Gasteiger partial charge on any atom is -0.497 e. The number of aryl methyl sites for hydroxylation is 1. The molecule has 5 nitrogen and oxygen atoms in total. The number of ether oxygens (including phenoxy) is 2. The molecule has 0 aromatic heterocycles. The average molecular weight is 301 g/mol. The number of hydrogen-bond acceptors (Lipinski definition) is 4. The van der Waals surface area contributed by atoms with Crippen molar-refractivity contribution in [3.63, 3.8) is 0 Å². The number of hydrogen-bond donors (Lipinski definition) is 2. The maximum absolute atomic E-state index is 12.1. The summed E-state index contributed by atoms with van der Waals surface area (Å²) in [5.74, 6) is 0.667. The van der Waals surface area contributed by atoms with Gasteiger partial charge in [0.15, 0.2) is 0 Å². The van der Waals surface area contributed by atoms with Gasteiger partial charge in [-0.05, 0) is 43.5 Å². The lowest BCUT2D eigenvalue weighted by atomic mass is 10.1. The number of methoxy groups -OCH3 is 1. The normalized spacial score (nSPS) is 21.1. The summed E-state index contributed by atoms with van der Waals surface area (Å²) in [6.07, 6.45) is 1.18. The van der Waals surface area contributed by atoms with Crippen LogP contribution >= 0.6 is 12.4 Å². The summed E-state index contributed by atoms with van der Waals surface area (Å²) in [6, 6.07) is 5.54. The van der Waals surface area contributed by atoms with Gasteiger partial charge in [-0.3, -0.25) is 4.79 Å². The fraction of sp³-hybridized carbons (Fsp3) is 0.500. The number of halogens is 1. The molecule has 0 unspecified atom stereocenters. The molecule has 0 aliphatic carbocycles. The van der Waals surface area contributed by atoms with Gasteiger partial charge in [0.1, 0.15) is 11.9 Å². The van der Waals surface area contributed by atoms with Crippen molar-refractivity contribution in [2.45, 2.75) is 32.0 Å². The molecule has 0 bridgehead atoms. The van der Waals surface area contributed by atoms with Gasteiger partial charge in [-0.2, -0.15) is 0 Å². The zero-order valence-corrected chi connectivity index (χ0v) is 12.5. The van der Waals surface area contributed by atoms with E-state index in [1.165, 1.54) is 0 Å². The molecule has 20 heavy (non-hydrogen) atoms. The van der Waals surface area contributed by atoms with Gasteiger partial charge in [0, 0.05) is 12.2 Å². The van der Waals surface area contributed by atoms with Crippen molar-refractivity contribution < 1.29 is 14.3 Å². The third-order valence-electron chi connectivity index (χ3n) is 3.35. The van der Waals surface area contributed by atoms with Crippen LogP contribution < -0.4 is 15.8 Å². The zero-order chi connectivity index (χ0) is 13.8. The van der Waals surface area contributed by atoms with Crippen LogP contribution in [0.1, 0.15) is 18.4 Å². The van der Waals surface area contributed by atoms with Crippen molar-refractivity contribution in [3.8, 4) is 5.75 Å². The van der Waals surface area contributed by atoms with Gasteiger partial charge in [0.05, 0.1) is 13.2 Å². The van der Waals surface area contributed by atoms with E-state index in [0.29, 0.717) is 6.54 Å². The van der Waals surface area contributed by atoms with Gasteiger partial charge < -0.3 is 20.5 Å². The summed E-state index contributed by atoms with van der Waals surface area (Å²) in [5.41, 5.74) is 7.28. The maximum atomic E-state index is 12.1. The molecule has 1 amide bonds. The highest BCUT2D eigenvalue weighted by Gasteiger charge is 2.29. The van der Waals surface area contributed by atoms with E-state index < -0.39 is 6.10 Å². The Kier molecular flexibility index (Phi) is 6.26. The molecule has 1 saturated heterocycles. The number of amides is 1. The summed E-state index contributed by atoms with van der Waals surface area (Å²) in [6.45, 7) is 2.39. The average Bonchev–Trinajstić information content (AvgIpc) is 2.90. The molecule has 1 heterocycles. The summed E-state index contributed by atoms with van der Waals surface area (Å²) in [4.78, 5) is 12.1. The van der Waals surface area contributed by atoms with E-state index in [1.54, 1.807) is 7.11 Å². The number of nitrogens with one attached hydrogen (secondary N) is 1. The van der Waals surface area contributed by atoms with Crippen LogP contribution in [0.2, 0.25) is 0 Å². The quantitative estimate of drug-likeness (QED) is 0.890. The van der Waals surface area contributed by atoms with Crippen LogP contribution in [0.25, 0.3) is 0 Å².